The first kappa shape index (κ1) is 19.5. The van der Waals surface area contributed by atoms with E-state index in [4.69, 9.17) is 19.2 Å². The molecule has 1 fully saturated rings. The fraction of sp³-hybridized carbons (Fsp3) is 0.350. The normalized spacial score (nSPS) is 17.2. The van der Waals surface area contributed by atoms with E-state index in [0.717, 1.165) is 15.6 Å². The quantitative estimate of drug-likeness (QED) is 0.607. The lowest BCUT2D eigenvalue weighted by atomic mass is 10.0. The van der Waals surface area contributed by atoms with Crippen LogP contribution in [0.5, 0.6) is 17.4 Å². The third-order valence-corrected chi connectivity index (χ3v) is 5.65. The molecule has 9 heteroatoms. The van der Waals surface area contributed by atoms with Crippen molar-refractivity contribution in [3.63, 3.8) is 0 Å². The predicted molar refractivity (Wildman–Crippen MR) is 110 cm³/mol. The number of fused-ring (bicyclic) bond motifs is 1. The fourth-order valence-corrected chi connectivity index (χ4v) is 3.84. The van der Waals surface area contributed by atoms with Gasteiger partial charge in [-0.05, 0) is 41.1 Å². The van der Waals surface area contributed by atoms with Gasteiger partial charge in [-0.3, -0.25) is 4.79 Å². The molecule has 4 rings (SSSR count). The van der Waals surface area contributed by atoms with Crippen molar-refractivity contribution in [3.05, 3.63) is 35.1 Å². The average molecular weight is 461 g/mol. The average Bonchev–Trinajstić information content (AvgIpc) is 3.33. The van der Waals surface area contributed by atoms with E-state index in [-0.39, 0.29) is 17.9 Å². The van der Waals surface area contributed by atoms with Gasteiger partial charge >= 0.3 is 0 Å². The predicted octanol–water partition coefficient (Wildman–Crippen LogP) is 3.08. The number of benzene rings is 1. The molecule has 0 spiro atoms. The van der Waals surface area contributed by atoms with Crippen LogP contribution in [0.1, 0.15) is 13.3 Å². The van der Waals surface area contributed by atoms with Crippen LogP contribution in [-0.2, 0) is 4.79 Å². The van der Waals surface area contributed by atoms with Crippen LogP contribution in [0.15, 0.2) is 35.1 Å². The lowest BCUT2D eigenvalue weighted by Gasteiger charge is -2.20. The number of ether oxygens (including phenoxy) is 3. The van der Waals surface area contributed by atoms with E-state index in [0.29, 0.717) is 36.0 Å². The molecule has 3 heterocycles. The van der Waals surface area contributed by atoms with Gasteiger partial charge in [-0.25, -0.2) is 9.50 Å². The van der Waals surface area contributed by atoms with Crippen molar-refractivity contribution in [2.45, 2.75) is 19.4 Å². The minimum atomic E-state index is -0.187. The van der Waals surface area contributed by atoms with Crippen LogP contribution in [0.2, 0.25) is 0 Å². The maximum atomic E-state index is 11.6. The molecule has 0 saturated carbocycles. The maximum absolute atomic E-state index is 11.6. The van der Waals surface area contributed by atoms with E-state index in [1.807, 2.05) is 31.3 Å². The van der Waals surface area contributed by atoms with Gasteiger partial charge in [0.05, 0.1) is 36.8 Å². The molecule has 1 aliphatic rings. The Labute approximate surface area is 176 Å². The molecule has 1 amide bonds. The molecule has 0 radical (unpaired) electrons. The highest BCUT2D eigenvalue weighted by Crippen LogP contribution is 2.35. The highest BCUT2D eigenvalue weighted by atomic mass is 79.9. The van der Waals surface area contributed by atoms with Gasteiger partial charge < -0.3 is 19.5 Å². The number of methoxy groups -OCH3 is 2. The lowest BCUT2D eigenvalue weighted by molar-refractivity contribution is -0.119. The standard InChI is InChI=1S/C20H21BrN4O4/c1-11(13-7-18(26)22-8-13)29-20-19-14(21)9-23-25(19)10-15(24-20)12-4-5-16(27-2)17(6-12)28-3/h4-6,9-11,13H,7-8H2,1-3H3,(H,22,26)/t11-,13?/m1/s1. The van der Waals surface area contributed by atoms with Crippen molar-refractivity contribution in [3.8, 4) is 28.6 Å². The number of halogens is 1. The van der Waals surface area contributed by atoms with E-state index < -0.39 is 0 Å². The van der Waals surface area contributed by atoms with Gasteiger partial charge in [0.15, 0.2) is 11.5 Å². The summed E-state index contributed by atoms with van der Waals surface area (Å²) in [5.41, 5.74) is 2.25. The van der Waals surface area contributed by atoms with Gasteiger partial charge in [0.1, 0.15) is 11.6 Å². The summed E-state index contributed by atoms with van der Waals surface area (Å²) in [6.45, 7) is 2.56. The highest BCUT2D eigenvalue weighted by Gasteiger charge is 2.29. The summed E-state index contributed by atoms with van der Waals surface area (Å²) in [5.74, 6) is 1.85. The third-order valence-electron chi connectivity index (χ3n) is 5.07. The molecular weight excluding hydrogens is 440 g/mol. The van der Waals surface area contributed by atoms with Gasteiger partial charge in [0.2, 0.25) is 11.8 Å². The first-order valence-corrected chi connectivity index (χ1v) is 9.99. The first-order chi connectivity index (χ1) is 14.0. The summed E-state index contributed by atoms with van der Waals surface area (Å²) >= 11 is 3.52. The Balaban J connectivity index is 1.74. The number of carbonyl (C=O) groups excluding carboxylic acids is 1. The Morgan fingerprint density at radius 1 is 1.28 bits per heavy atom. The van der Waals surface area contributed by atoms with E-state index in [1.165, 1.54) is 0 Å². The summed E-state index contributed by atoms with van der Waals surface area (Å²) in [6.07, 6.45) is 3.80. The van der Waals surface area contributed by atoms with E-state index in [9.17, 15) is 4.79 Å². The van der Waals surface area contributed by atoms with E-state index in [1.54, 1.807) is 24.9 Å². The molecule has 1 saturated heterocycles. The summed E-state index contributed by atoms with van der Waals surface area (Å²) in [7, 11) is 3.19. The minimum Gasteiger partial charge on any atom is -0.493 e. The Hall–Kier alpha value is -2.81. The van der Waals surface area contributed by atoms with Crippen LogP contribution in [0.3, 0.4) is 0 Å². The molecule has 2 atom stereocenters. The van der Waals surface area contributed by atoms with Crippen molar-refractivity contribution in [2.24, 2.45) is 5.92 Å². The maximum Gasteiger partial charge on any atom is 0.242 e. The van der Waals surface area contributed by atoms with Crippen LogP contribution in [-0.4, -0.2) is 47.4 Å². The summed E-state index contributed by atoms with van der Waals surface area (Å²) in [4.78, 5) is 16.3. The first-order valence-electron chi connectivity index (χ1n) is 9.19. The zero-order valence-electron chi connectivity index (χ0n) is 16.3. The van der Waals surface area contributed by atoms with E-state index in [2.05, 4.69) is 26.3 Å². The van der Waals surface area contributed by atoms with Gasteiger partial charge in [0, 0.05) is 24.4 Å². The fourth-order valence-electron chi connectivity index (χ4n) is 3.39. The number of rotatable bonds is 6. The van der Waals surface area contributed by atoms with Gasteiger partial charge in [0.25, 0.3) is 0 Å². The van der Waals surface area contributed by atoms with Crippen LogP contribution < -0.4 is 19.5 Å². The minimum absolute atomic E-state index is 0.0492. The van der Waals surface area contributed by atoms with Crippen molar-refractivity contribution < 1.29 is 19.0 Å². The summed E-state index contributed by atoms with van der Waals surface area (Å²) < 4.78 is 19.4. The van der Waals surface area contributed by atoms with Crippen LogP contribution >= 0.6 is 15.9 Å². The van der Waals surface area contributed by atoms with Gasteiger partial charge in [-0.15, -0.1) is 0 Å². The molecule has 1 aromatic carbocycles. The van der Waals surface area contributed by atoms with Crippen molar-refractivity contribution >= 4 is 27.4 Å². The Bertz CT molecular complexity index is 1070. The largest absolute Gasteiger partial charge is 0.493 e. The number of nitrogens with zero attached hydrogens (tertiary/aromatic N) is 3. The molecule has 2 aromatic heterocycles. The Kier molecular flexibility index (Phi) is 5.31. The summed E-state index contributed by atoms with van der Waals surface area (Å²) in [5, 5.41) is 7.23. The van der Waals surface area contributed by atoms with Crippen molar-refractivity contribution in [1.29, 1.82) is 0 Å². The second kappa shape index (κ2) is 7.90. The monoisotopic (exact) mass is 460 g/mol. The molecular formula is C20H21BrN4O4. The lowest BCUT2D eigenvalue weighted by Crippen LogP contribution is -2.26. The zero-order valence-corrected chi connectivity index (χ0v) is 17.9. The molecule has 29 heavy (non-hydrogen) atoms. The van der Waals surface area contributed by atoms with Crippen molar-refractivity contribution in [2.75, 3.05) is 20.8 Å². The summed E-state index contributed by atoms with van der Waals surface area (Å²) in [6, 6.07) is 5.59. The molecule has 0 aliphatic carbocycles. The second-order valence-corrected chi connectivity index (χ2v) is 7.73. The topological polar surface area (TPSA) is 87.0 Å². The second-order valence-electron chi connectivity index (χ2n) is 6.88. The van der Waals surface area contributed by atoms with Crippen LogP contribution in [0, 0.1) is 5.92 Å². The zero-order chi connectivity index (χ0) is 20.5. The molecule has 0 bridgehead atoms. The molecule has 8 nitrogen and oxygen atoms in total. The number of nitrogens with one attached hydrogen (secondary N) is 1. The number of aromatic nitrogens is 3. The van der Waals surface area contributed by atoms with Crippen LogP contribution in [0.4, 0.5) is 0 Å². The molecule has 1 N–H and O–H groups in total. The number of carbonyl (C=O) groups is 1. The number of hydrogen-bond donors (Lipinski definition) is 1. The molecule has 1 unspecified atom stereocenters. The third kappa shape index (κ3) is 3.74. The Morgan fingerprint density at radius 2 is 2.07 bits per heavy atom. The highest BCUT2D eigenvalue weighted by molar-refractivity contribution is 9.10. The number of hydrogen-bond acceptors (Lipinski definition) is 6. The number of amides is 1. The van der Waals surface area contributed by atoms with Gasteiger partial charge in [-0.1, -0.05) is 0 Å². The van der Waals surface area contributed by atoms with Crippen LogP contribution in [0.25, 0.3) is 16.8 Å². The smallest absolute Gasteiger partial charge is 0.242 e. The Morgan fingerprint density at radius 3 is 2.76 bits per heavy atom. The van der Waals surface area contributed by atoms with Crippen molar-refractivity contribution in [1.82, 2.24) is 19.9 Å². The molecule has 3 aromatic rings. The van der Waals surface area contributed by atoms with Gasteiger partial charge in [-0.2, -0.15) is 5.10 Å². The van der Waals surface area contributed by atoms with E-state index >= 15 is 0 Å². The SMILES string of the molecule is COc1ccc(-c2cn3ncc(Br)c3c(O[C@H](C)C3CNC(=O)C3)n2)cc1OC. The molecule has 152 valence electrons. The molecule has 1 aliphatic heterocycles.